The molecule has 0 saturated heterocycles. The number of aryl methyl sites for hydroxylation is 2. The molecule has 0 heterocycles. The fourth-order valence-electron chi connectivity index (χ4n) is 2.55. The average molecular weight is 249 g/mol. The molecule has 1 unspecified atom stereocenters. The van der Waals surface area contributed by atoms with Gasteiger partial charge in [0.25, 0.3) is 0 Å². The van der Waals surface area contributed by atoms with Gasteiger partial charge in [0.1, 0.15) is 0 Å². The summed E-state index contributed by atoms with van der Waals surface area (Å²) in [5, 5.41) is 12.2. The summed E-state index contributed by atoms with van der Waals surface area (Å²) >= 11 is 0. The quantitative estimate of drug-likeness (QED) is 0.726. The van der Waals surface area contributed by atoms with Gasteiger partial charge in [0, 0.05) is 12.6 Å². The van der Waals surface area contributed by atoms with Crippen LogP contribution in [0, 0.1) is 6.92 Å². The van der Waals surface area contributed by atoms with Crippen LogP contribution in [0.3, 0.4) is 0 Å². The Labute approximate surface area is 109 Å². The van der Waals surface area contributed by atoms with Crippen molar-refractivity contribution in [2.75, 3.05) is 26.4 Å². The van der Waals surface area contributed by atoms with Crippen molar-refractivity contribution in [1.82, 2.24) is 5.32 Å². The van der Waals surface area contributed by atoms with E-state index in [4.69, 9.17) is 9.84 Å². The zero-order valence-corrected chi connectivity index (χ0v) is 11.1. The van der Waals surface area contributed by atoms with Crippen LogP contribution in [-0.2, 0) is 11.2 Å². The van der Waals surface area contributed by atoms with E-state index < -0.39 is 0 Å². The number of fused-ring (bicyclic) bond motifs is 1. The highest BCUT2D eigenvalue weighted by atomic mass is 16.5. The van der Waals surface area contributed by atoms with Crippen LogP contribution in [0.25, 0.3) is 0 Å². The molecule has 1 aliphatic carbocycles. The van der Waals surface area contributed by atoms with E-state index in [0.29, 0.717) is 12.6 Å². The third-order valence-electron chi connectivity index (χ3n) is 3.47. The maximum atomic E-state index is 8.59. The lowest BCUT2D eigenvalue weighted by molar-refractivity contribution is 0.0904. The summed E-state index contributed by atoms with van der Waals surface area (Å²) in [4.78, 5) is 0. The third kappa shape index (κ3) is 3.55. The topological polar surface area (TPSA) is 41.5 Å². The number of hydrogen-bond acceptors (Lipinski definition) is 3. The molecule has 1 aromatic rings. The minimum atomic E-state index is 0.114. The van der Waals surface area contributed by atoms with E-state index in [0.717, 1.165) is 19.6 Å². The van der Waals surface area contributed by atoms with E-state index in [2.05, 4.69) is 30.4 Å². The van der Waals surface area contributed by atoms with Crippen molar-refractivity contribution in [3.63, 3.8) is 0 Å². The number of aliphatic hydroxyl groups excluding tert-OH is 1. The van der Waals surface area contributed by atoms with Crippen LogP contribution < -0.4 is 5.32 Å². The highest BCUT2D eigenvalue weighted by molar-refractivity contribution is 5.37. The zero-order valence-electron chi connectivity index (χ0n) is 11.1. The van der Waals surface area contributed by atoms with Crippen LogP contribution in [0.5, 0.6) is 0 Å². The molecule has 0 radical (unpaired) electrons. The molecule has 0 aliphatic heterocycles. The van der Waals surface area contributed by atoms with Gasteiger partial charge in [0.15, 0.2) is 0 Å². The van der Waals surface area contributed by atoms with Gasteiger partial charge < -0.3 is 15.2 Å². The van der Waals surface area contributed by atoms with Crippen molar-refractivity contribution in [2.45, 2.75) is 32.2 Å². The first-order valence-corrected chi connectivity index (χ1v) is 6.82. The smallest absolute Gasteiger partial charge is 0.0697 e. The van der Waals surface area contributed by atoms with Crippen LogP contribution in [0.15, 0.2) is 18.2 Å². The van der Waals surface area contributed by atoms with Gasteiger partial charge in [0.05, 0.1) is 13.2 Å². The van der Waals surface area contributed by atoms with E-state index in [1.54, 1.807) is 0 Å². The summed E-state index contributed by atoms with van der Waals surface area (Å²) in [6.07, 6.45) is 3.39. The molecule has 2 rings (SSSR count). The molecule has 0 amide bonds. The summed E-state index contributed by atoms with van der Waals surface area (Å²) in [5.41, 5.74) is 4.31. The summed E-state index contributed by atoms with van der Waals surface area (Å²) in [7, 11) is 0. The Morgan fingerprint density at radius 2 is 2.28 bits per heavy atom. The van der Waals surface area contributed by atoms with Crippen LogP contribution in [0.2, 0.25) is 0 Å². The number of nitrogens with one attached hydrogen (secondary N) is 1. The molecule has 1 aromatic carbocycles. The Hall–Kier alpha value is -0.900. The number of ether oxygens (including phenoxy) is 1. The van der Waals surface area contributed by atoms with E-state index in [-0.39, 0.29) is 6.61 Å². The monoisotopic (exact) mass is 249 g/mol. The fourth-order valence-corrected chi connectivity index (χ4v) is 2.55. The molecule has 0 aromatic heterocycles. The van der Waals surface area contributed by atoms with Gasteiger partial charge in [-0.15, -0.1) is 0 Å². The van der Waals surface area contributed by atoms with Crippen LogP contribution in [0.1, 0.15) is 35.6 Å². The molecule has 1 atom stereocenters. The van der Waals surface area contributed by atoms with Crippen molar-refractivity contribution in [3.8, 4) is 0 Å². The molecular weight excluding hydrogens is 226 g/mol. The number of benzene rings is 1. The molecule has 3 nitrogen and oxygen atoms in total. The minimum absolute atomic E-state index is 0.114. The number of aliphatic hydroxyl groups is 1. The highest BCUT2D eigenvalue weighted by Gasteiger charge is 2.21. The molecule has 3 heteroatoms. The van der Waals surface area contributed by atoms with Crippen molar-refractivity contribution in [3.05, 3.63) is 34.9 Å². The Balaban J connectivity index is 1.74. The van der Waals surface area contributed by atoms with E-state index in [1.165, 1.54) is 29.5 Å². The molecule has 2 N–H and O–H groups in total. The molecule has 18 heavy (non-hydrogen) atoms. The molecule has 0 fully saturated rings. The normalized spacial score (nSPS) is 18.0. The summed E-state index contributed by atoms with van der Waals surface area (Å²) in [5.74, 6) is 0. The Morgan fingerprint density at radius 3 is 3.11 bits per heavy atom. The fraction of sp³-hybridized carbons (Fsp3) is 0.600. The maximum Gasteiger partial charge on any atom is 0.0697 e. The molecule has 0 bridgehead atoms. The number of rotatable bonds is 7. The van der Waals surface area contributed by atoms with Gasteiger partial charge in [-0.2, -0.15) is 0 Å². The SMILES string of the molecule is Cc1ccc2c(c1)C(NCCCOCCO)CC2. The summed E-state index contributed by atoms with van der Waals surface area (Å²) < 4.78 is 5.25. The van der Waals surface area contributed by atoms with Gasteiger partial charge in [0.2, 0.25) is 0 Å². The van der Waals surface area contributed by atoms with Crippen LogP contribution >= 0.6 is 0 Å². The first kappa shape index (κ1) is 13.5. The highest BCUT2D eigenvalue weighted by Crippen LogP contribution is 2.31. The van der Waals surface area contributed by atoms with Crippen LogP contribution in [0.4, 0.5) is 0 Å². The molecule has 0 spiro atoms. The van der Waals surface area contributed by atoms with Crippen LogP contribution in [-0.4, -0.2) is 31.5 Å². The molecule has 0 saturated carbocycles. The Bertz CT molecular complexity index is 379. The minimum Gasteiger partial charge on any atom is -0.394 e. The van der Waals surface area contributed by atoms with Crippen molar-refractivity contribution in [2.24, 2.45) is 0 Å². The predicted octanol–water partition coefficient (Wildman–Crippen LogP) is 1.97. The van der Waals surface area contributed by atoms with E-state index in [9.17, 15) is 0 Å². The Kier molecular flexibility index (Phi) is 5.17. The van der Waals surface area contributed by atoms with Gasteiger partial charge in [-0.05, 0) is 43.9 Å². The van der Waals surface area contributed by atoms with E-state index in [1.807, 2.05) is 0 Å². The molecule has 1 aliphatic rings. The lowest BCUT2D eigenvalue weighted by Gasteiger charge is -2.14. The van der Waals surface area contributed by atoms with Crippen molar-refractivity contribution in [1.29, 1.82) is 0 Å². The third-order valence-corrected chi connectivity index (χ3v) is 3.47. The first-order valence-electron chi connectivity index (χ1n) is 6.82. The van der Waals surface area contributed by atoms with Gasteiger partial charge in [-0.1, -0.05) is 23.8 Å². The lowest BCUT2D eigenvalue weighted by atomic mass is 10.1. The van der Waals surface area contributed by atoms with Gasteiger partial charge >= 0.3 is 0 Å². The lowest BCUT2D eigenvalue weighted by Crippen LogP contribution is -2.21. The zero-order chi connectivity index (χ0) is 12.8. The van der Waals surface area contributed by atoms with Gasteiger partial charge in [-0.25, -0.2) is 0 Å². The Morgan fingerprint density at radius 1 is 1.39 bits per heavy atom. The number of hydrogen-bond donors (Lipinski definition) is 2. The largest absolute Gasteiger partial charge is 0.394 e. The predicted molar refractivity (Wildman–Crippen MR) is 72.8 cm³/mol. The van der Waals surface area contributed by atoms with Crippen molar-refractivity contribution >= 4 is 0 Å². The molecular formula is C15H23NO2. The summed E-state index contributed by atoms with van der Waals surface area (Å²) in [6.45, 7) is 4.41. The second kappa shape index (κ2) is 6.88. The second-order valence-electron chi connectivity index (χ2n) is 4.94. The molecule has 100 valence electrons. The average Bonchev–Trinajstić information content (AvgIpc) is 2.76. The van der Waals surface area contributed by atoms with E-state index >= 15 is 0 Å². The van der Waals surface area contributed by atoms with Gasteiger partial charge in [-0.3, -0.25) is 0 Å². The second-order valence-corrected chi connectivity index (χ2v) is 4.94. The first-order chi connectivity index (χ1) is 8.81. The summed E-state index contributed by atoms with van der Waals surface area (Å²) in [6, 6.07) is 7.28. The maximum absolute atomic E-state index is 8.59. The standard InChI is InChI=1S/C15H23NO2/c1-12-3-4-13-5-6-15(14(13)11-12)16-7-2-9-18-10-8-17/h3-4,11,15-17H,2,5-10H2,1H3. The van der Waals surface area contributed by atoms with Crippen molar-refractivity contribution < 1.29 is 9.84 Å².